The molecule has 1 aliphatic rings. The molecule has 1 fully saturated rings. The Balaban J connectivity index is 1.83. The fourth-order valence-corrected chi connectivity index (χ4v) is 5.06. The molecule has 3 aromatic rings. The van der Waals surface area contributed by atoms with Gasteiger partial charge in [0.15, 0.2) is 0 Å². The van der Waals surface area contributed by atoms with E-state index in [4.69, 9.17) is 9.47 Å². The van der Waals surface area contributed by atoms with Gasteiger partial charge in [0.2, 0.25) is 0 Å². The highest BCUT2D eigenvalue weighted by molar-refractivity contribution is 5.77. The van der Waals surface area contributed by atoms with E-state index in [0.717, 1.165) is 29.2 Å². The molecule has 0 unspecified atom stereocenters. The molecule has 0 bridgehead atoms. The Bertz CT molecular complexity index is 1530. The van der Waals surface area contributed by atoms with Gasteiger partial charge < -0.3 is 9.47 Å². The molecule has 0 spiro atoms. The summed E-state index contributed by atoms with van der Waals surface area (Å²) in [6.07, 6.45) is -17.7. The summed E-state index contributed by atoms with van der Waals surface area (Å²) in [7, 11) is 1.22. The number of benzene rings is 3. The molecule has 4 nitrogen and oxygen atoms in total. The number of methoxy groups -OCH3 is 1. The Morgan fingerprint density at radius 3 is 1.89 bits per heavy atom. The Morgan fingerprint density at radius 1 is 0.818 bits per heavy atom. The van der Waals surface area contributed by atoms with Crippen LogP contribution in [0.2, 0.25) is 0 Å². The second-order valence-corrected chi connectivity index (χ2v) is 10.6. The van der Waals surface area contributed by atoms with Crippen molar-refractivity contribution < 1.29 is 58.2 Å². The third-order valence-corrected chi connectivity index (χ3v) is 7.31. The number of rotatable bonds is 6. The van der Waals surface area contributed by atoms with Crippen molar-refractivity contribution in [2.45, 2.75) is 63.9 Å². The molecular weight excluding hydrogens is 612 g/mol. The zero-order chi connectivity index (χ0) is 32.9. The minimum Gasteiger partial charge on any atom is -0.496 e. The number of carbonyl (C=O) groups is 1. The minimum atomic E-state index is -5.13. The quantitative estimate of drug-likeness (QED) is 0.253. The molecule has 14 heteroatoms. The number of alkyl halides is 9. The number of ether oxygens (including phenoxy) is 2. The van der Waals surface area contributed by atoms with Crippen LogP contribution in [0.4, 0.5) is 48.7 Å². The maximum absolute atomic E-state index is 14.7. The van der Waals surface area contributed by atoms with E-state index in [9.17, 15) is 48.7 Å². The van der Waals surface area contributed by atoms with E-state index in [1.807, 2.05) is 0 Å². The number of amides is 1. The fourth-order valence-electron chi connectivity index (χ4n) is 5.06. The van der Waals surface area contributed by atoms with Crippen LogP contribution in [0.3, 0.4) is 0 Å². The maximum Gasteiger partial charge on any atom is 0.416 e. The molecule has 0 aliphatic carbocycles. The lowest BCUT2D eigenvalue weighted by atomic mass is 9.89. The summed E-state index contributed by atoms with van der Waals surface area (Å²) in [4.78, 5) is 13.8. The smallest absolute Gasteiger partial charge is 0.416 e. The van der Waals surface area contributed by atoms with Crippen LogP contribution in [0, 0.1) is 5.82 Å². The first-order chi connectivity index (χ1) is 20.2. The Hall–Kier alpha value is -3.97. The van der Waals surface area contributed by atoms with Crippen LogP contribution in [0.1, 0.15) is 66.2 Å². The van der Waals surface area contributed by atoms with Gasteiger partial charge in [0.25, 0.3) is 0 Å². The predicted molar refractivity (Wildman–Crippen MR) is 138 cm³/mol. The van der Waals surface area contributed by atoms with Gasteiger partial charge in [-0.3, -0.25) is 4.90 Å². The van der Waals surface area contributed by atoms with Crippen LogP contribution < -0.4 is 4.74 Å². The van der Waals surface area contributed by atoms with E-state index in [-0.39, 0.29) is 40.0 Å². The number of hydrogen-bond acceptors (Lipinski definition) is 3. The van der Waals surface area contributed by atoms with Crippen LogP contribution >= 0.6 is 0 Å². The van der Waals surface area contributed by atoms with Gasteiger partial charge in [-0.2, -0.15) is 39.5 Å². The van der Waals surface area contributed by atoms with Crippen LogP contribution in [0.5, 0.6) is 5.75 Å². The molecule has 4 rings (SSSR count). The van der Waals surface area contributed by atoms with E-state index < -0.39 is 71.4 Å². The van der Waals surface area contributed by atoms with Crippen molar-refractivity contribution in [3.63, 3.8) is 0 Å². The Labute approximate surface area is 245 Å². The Morgan fingerprint density at radius 2 is 1.39 bits per heavy atom. The van der Waals surface area contributed by atoms with Crippen molar-refractivity contribution in [1.29, 1.82) is 0 Å². The second-order valence-electron chi connectivity index (χ2n) is 10.6. The molecular formula is C30H25F10NO3. The first kappa shape index (κ1) is 32.9. The lowest BCUT2D eigenvalue weighted by Crippen LogP contribution is -2.31. The van der Waals surface area contributed by atoms with Gasteiger partial charge in [0.1, 0.15) is 17.7 Å². The number of hydrogen-bond donors (Lipinski definition) is 0. The van der Waals surface area contributed by atoms with Gasteiger partial charge >= 0.3 is 24.6 Å². The van der Waals surface area contributed by atoms with Crippen LogP contribution in [0.25, 0.3) is 11.1 Å². The molecule has 1 heterocycles. The van der Waals surface area contributed by atoms with Gasteiger partial charge in [-0.25, -0.2) is 9.18 Å². The normalized spacial score (nSPS) is 17.8. The molecule has 1 saturated heterocycles. The average Bonchev–Trinajstić information content (AvgIpc) is 3.19. The molecule has 238 valence electrons. The lowest BCUT2D eigenvalue weighted by molar-refractivity contribution is -0.143. The minimum absolute atomic E-state index is 0.0367. The van der Waals surface area contributed by atoms with Crippen molar-refractivity contribution in [3.8, 4) is 16.9 Å². The first-order valence-electron chi connectivity index (χ1n) is 13.1. The summed E-state index contributed by atoms with van der Waals surface area (Å²) >= 11 is 0. The van der Waals surface area contributed by atoms with Crippen molar-refractivity contribution in [2.75, 3.05) is 7.11 Å². The van der Waals surface area contributed by atoms with Crippen LogP contribution in [-0.4, -0.2) is 24.1 Å². The van der Waals surface area contributed by atoms with E-state index in [2.05, 4.69) is 0 Å². The number of carbonyl (C=O) groups excluding carboxylic acids is 1. The molecule has 3 aromatic carbocycles. The highest BCUT2D eigenvalue weighted by Crippen LogP contribution is 2.45. The SMILES string of the molecule is COc1cc(F)c(C(C)C)cc1-c1ccc(C(F)(F)F)cc1[C@H]1OC(=O)N(Cc2cc(C(F)(F)F)cc(C(F)(F)F)c2)[C@@H]1C. The fraction of sp³-hybridized carbons (Fsp3) is 0.367. The van der Waals surface area contributed by atoms with Crippen LogP contribution in [0.15, 0.2) is 48.5 Å². The monoisotopic (exact) mass is 637 g/mol. The van der Waals surface area contributed by atoms with E-state index >= 15 is 0 Å². The maximum atomic E-state index is 14.7. The predicted octanol–water partition coefficient (Wildman–Crippen LogP) is 9.76. The first-order valence-corrected chi connectivity index (χ1v) is 13.1. The zero-order valence-electron chi connectivity index (χ0n) is 23.5. The summed E-state index contributed by atoms with van der Waals surface area (Å²) in [5.41, 5.74) is -4.53. The van der Waals surface area contributed by atoms with Gasteiger partial charge in [-0.1, -0.05) is 19.9 Å². The molecule has 1 amide bonds. The summed E-state index contributed by atoms with van der Waals surface area (Å²) in [5, 5.41) is 0. The summed E-state index contributed by atoms with van der Waals surface area (Å²) < 4.78 is 147. The van der Waals surface area contributed by atoms with Gasteiger partial charge in [-0.15, -0.1) is 0 Å². The lowest BCUT2D eigenvalue weighted by Gasteiger charge is -2.25. The topological polar surface area (TPSA) is 38.8 Å². The largest absolute Gasteiger partial charge is 0.496 e. The van der Waals surface area contributed by atoms with Crippen LogP contribution in [-0.2, 0) is 29.8 Å². The highest BCUT2D eigenvalue weighted by atomic mass is 19.4. The number of cyclic esters (lactones) is 1. The third-order valence-electron chi connectivity index (χ3n) is 7.31. The van der Waals surface area contributed by atoms with Crippen molar-refractivity contribution in [2.24, 2.45) is 0 Å². The molecule has 0 saturated carbocycles. The number of halogens is 10. The second kappa shape index (κ2) is 11.5. The van der Waals surface area contributed by atoms with Gasteiger partial charge in [0, 0.05) is 23.7 Å². The number of nitrogens with zero attached hydrogens (tertiary/aromatic N) is 1. The molecule has 0 radical (unpaired) electrons. The van der Waals surface area contributed by atoms with Gasteiger partial charge in [0.05, 0.1) is 29.8 Å². The summed E-state index contributed by atoms with van der Waals surface area (Å²) in [6, 6.07) is 4.75. The highest BCUT2D eigenvalue weighted by Gasteiger charge is 2.43. The third kappa shape index (κ3) is 6.58. The van der Waals surface area contributed by atoms with Gasteiger partial charge in [-0.05, 0) is 65.9 Å². The summed E-state index contributed by atoms with van der Waals surface area (Å²) in [5.74, 6) is -1.00. The van der Waals surface area contributed by atoms with Crippen molar-refractivity contribution in [1.82, 2.24) is 4.90 Å². The van der Waals surface area contributed by atoms with E-state index in [1.54, 1.807) is 13.8 Å². The van der Waals surface area contributed by atoms with Crippen molar-refractivity contribution >= 4 is 6.09 Å². The van der Waals surface area contributed by atoms with E-state index in [1.165, 1.54) is 20.1 Å². The zero-order valence-corrected chi connectivity index (χ0v) is 23.5. The molecule has 1 aliphatic heterocycles. The average molecular weight is 638 g/mol. The van der Waals surface area contributed by atoms with E-state index in [0.29, 0.717) is 12.1 Å². The Kier molecular flexibility index (Phi) is 8.62. The molecule has 44 heavy (non-hydrogen) atoms. The van der Waals surface area contributed by atoms with Crippen molar-refractivity contribution in [3.05, 3.63) is 87.7 Å². The molecule has 2 atom stereocenters. The molecule has 0 N–H and O–H groups in total. The summed E-state index contributed by atoms with van der Waals surface area (Å²) in [6.45, 7) is 3.95. The standard InChI is InChI=1S/C30H25F10NO3/c1-14(2)21-11-22(25(43-4)12-24(21)31)20-6-5-17(28(32,33)34)10-23(20)26-15(3)41(27(42)44-26)13-16-7-18(29(35,36)37)9-19(8-16)30(38,39)40/h5-12,14-15,26H,13H2,1-4H3/t15-,26+/m1/s1. The molecule has 0 aromatic heterocycles.